The lowest BCUT2D eigenvalue weighted by atomic mass is 9.92. The highest BCUT2D eigenvalue weighted by Crippen LogP contribution is 2.32. The maximum absolute atomic E-state index is 5.39. The molecule has 90 valence electrons. The van der Waals surface area contributed by atoms with Gasteiger partial charge in [0.25, 0.3) is 0 Å². The standard InChI is InChI=1S/C11H15Br2NOS/c1-11(2-4-15-5-3-11)14-7-8-6-9(12)10(13)16-8/h6,14H,2-5,7H2,1H3. The van der Waals surface area contributed by atoms with Crippen molar-refractivity contribution in [3.8, 4) is 0 Å². The Morgan fingerprint density at radius 1 is 1.44 bits per heavy atom. The van der Waals surface area contributed by atoms with Gasteiger partial charge in [0, 0.05) is 34.6 Å². The first-order valence-corrected chi connectivity index (χ1v) is 7.76. The van der Waals surface area contributed by atoms with Gasteiger partial charge in [-0.05, 0) is 57.7 Å². The summed E-state index contributed by atoms with van der Waals surface area (Å²) in [6, 6.07) is 2.17. The molecule has 2 rings (SSSR count). The molecule has 0 spiro atoms. The van der Waals surface area contributed by atoms with Crippen molar-refractivity contribution in [1.82, 2.24) is 5.32 Å². The van der Waals surface area contributed by atoms with Gasteiger partial charge in [-0.3, -0.25) is 0 Å². The van der Waals surface area contributed by atoms with Crippen molar-refractivity contribution in [1.29, 1.82) is 0 Å². The van der Waals surface area contributed by atoms with E-state index in [9.17, 15) is 0 Å². The Labute approximate surface area is 117 Å². The summed E-state index contributed by atoms with van der Waals surface area (Å²) in [4.78, 5) is 1.35. The lowest BCUT2D eigenvalue weighted by Crippen LogP contribution is -2.46. The summed E-state index contributed by atoms with van der Waals surface area (Å²) in [5, 5.41) is 3.64. The molecule has 0 atom stereocenters. The van der Waals surface area contributed by atoms with Crippen LogP contribution in [-0.2, 0) is 11.3 Å². The zero-order valence-electron chi connectivity index (χ0n) is 9.19. The molecular weight excluding hydrogens is 354 g/mol. The van der Waals surface area contributed by atoms with Crippen LogP contribution in [0.3, 0.4) is 0 Å². The fourth-order valence-corrected chi connectivity index (χ4v) is 3.89. The molecule has 0 amide bonds. The SMILES string of the molecule is CC1(NCc2cc(Br)c(Br)s2)CCOCC1. The van der Waals surface area contributed by atoms with Gasteiger partial charge in [-0.15, -0.1) is 11.3 Å². The summed E-state index contributed by atoms with van der Waals surface area (Å²) in [6.07, 6.45) is 2.20. The summed E-state index contributed by atoms with van der Waals surface area (Å²) in [6.45, 7) is 4.97. The molecule has 5 heteroatoms. The first kappa shape index (κ1) is 13.0. The van der Waals surface area contributed by atoms with Crippen LogP contribution in [0.5, 0.6) is 0 Å². The lowest BCUT2D eigenvalue weighted by Gasteiger charge is -2.34. The van der Waals surface area contributed by atoms with Crippen LogP contribution in [-0.4, -0.2) is 18.8 Å². The molecule has 0 saturated carbocycles. The predicted molar refractivity (Wildman–Crippen MR) is 75.0 cm³/mol. The number of halogens is 2. The van der Waals surface area contributed by atoms with Crippen LogP contribution in [0.4, 0.5) is 0 Å². The van der Waals surface area contributed by atoms with Gasteiger partial charge < -0.3 is 10.1 Å². The van der Waals surface area contributed by atoms with E-state index in [1.807, 2.05) is 0 Å². The van der Waals surface area contributed by atoms with E-state index in [1.54, 1.807) is 11.3 Å². The Balaban J connectivity index is 1.91. The van der Waals surface area contributed by atoms with Gasteiger partial charge in [-0.25, -0.2) is 0 Å². The fraction of sp³-hybridized carbons (Fsp3) is 0.636. The smallest absolute Gasteiger partial charge is 0.0843 e. The summed E-state index contributed by atoms with van der Waals surface area (Å²) in [7, 11) is 0. The number of rotatable bonds is 3. The van der Waals surface area contributed by atoms with Crippen molar-refractivity contribution in [3.05, 3.63) is 19.2 Å². The van der Waals surface area contributed by atoms with Gasteiger partial charge in [-0.2, -0.15) is 0 Å². The van der Waals surface area contributed by atoms with Gasteiger partial charge in [0.1, 0.15) is 0 Å². The second-order valence-corrected chi connectivity index (χ2v) is 7.67. The second-order valence-electron chi connectivity index (χ2n) is 4.36. The van der Waals surface area contributed by atoms with Crippen LogP contribution in [0.2, 0.25) is 0 Å². The van der Waals surface area contributed by atoms with Crippen molar-refractivity contribution < 1.29 is 4.74 Å². The zero-order valence-corrected chi connectivity index (χ0v) is 13.2. The number of hydrogen-bond acceptors (Lipinski definition) is 3. The largest absolute Gasteiger partial charge is 0.381 e. The minimum Gasteiger partial charge on any atom is -0.381 e. The summed E-state index contributed by atoms with van der Waals surface area (Å²) in [5.74, 6) is 0. The maximum atomic E-state index is 5.39. The van der Waals surface area contributed by atoms with E-state index < -0.39 is 0 Å². The third-order valence-electron chi connectivity index (χ3n) is 2.98. The van der Waals surface area contributed by atoms with Crippen molar-refractivity contribution in [2.45, 2.75) is 31.8 Å². The van der Waals surface area contributed by atoms with E-state index >= 15 is 0 Å². The highest BCUT2D eigenvalue weighted by Gasteiger charge is 2.26. The van der Waals surface area contributed by atoms with E-state index in [0.717, 1.165) is 37.1 Å². The molecule has 0 aliphatic carbocycles. The molecule has 1 fully saturated rings. The van der Waals surface area contributed by atoms with Crippen LogP contribution in [0, 0.1) is 0 Å². The molecular formula is C11H15Br2NOS. The van der Waals surface area contributed by atoms with E-state index in [4.69, 9.17) is 4.74 Å². The highest BCUT2D eigenvalue weighted by atomic mass is 79.9. The molecule has 1 aromatic rings. The Hall–Kier alpha value is 0.580. The number of hydrogen-bond donors (Lipinski definition) is 1. The normalized spacial score (nSPS) is 19.9. The summed E-state index contributed by atoms with van der Waals surface area (Å²) >= 11 is 8.81. The molecule has 1 saturated heterocycles. The fourth-order valence-electron chi connectivity index (χ4n) is 1.78. The lowest BCUT2D eigenvalue weighted by molar-refractivity contribution is 0.0447. The molecule has 0 aromatic carbocycles. The van der Waals surface area contributed by atoms with Gasteiger partial charge in [0.05, 0.1) is 3.79 Å². The predicted octanol–water partition coefficient (Wildman–Crippen LogP) is 3.93. The Bertz CT molecular complexity index is 341. The highest BCUT2D eigenvalue weighted by molar-refractivity contribution is 9.13. The molecule has 2 nitrogen and oxygen atoms in total. The van der Waals surface area contributed by atoms with Crippen LogP contribution in [0.15, 0.2) is 14.3 Å². The molecule has 0 bridgehead atoms. The van der Waals surface area contributed by atoms with Gasteiger partial charge >= 0.3 is 0 Å². The van der Waals surface area contributed by atoms with Gasteiger partial charge in [0.15, 0.2) is 0 Å². The van der Waals surface area contributed by atoms with Crippen LogP contribution >= 0.6 is 43.2 Å². The minimum atomic E-state index is 0.237. The van der Waals surface area contributed by atoms with Gasteiger partial charge in [0.2, 0.25) is 0 Å². The van der Waals surface area contributed by atoms with Gasteiger partial charge in [-0.1, -0.05) is 0 Å². The van der Waals surface area contributed by atoms with E-state index in [0.29, 0.717) is 0 Å². The molecule has 0 radical (unpaired) electrons. The molecule has 2 heterocycles. The Morgan fingerprint density at radius 3 is 2.69 bits per heavy atom. The third kappa shape index (κ3) is 3.29. The van der Waals surface area contributed by atoms with Crippen molar-refractivity contribution in [2.24, 2.45) is 0 Å². The average molecular weight is 369 g/mol. The molecule has 1 N–H and O–H groups in total. The minimum absolute atomic E-state index is 0.237. The first-order chi connectivity index (χ1) is 7.59. The summed E-state index contributed by atoms with van der Waals surface area (Å²) < 4.78 is 7.70. The quantitative estimate of drug-likeness (QED) is 0.872. The number of nitrogens with one attached hydrogen (secondary N) is 1. The van der Waals surface area contributed by atoms with Crippen molar-refractivity contribution >= 4 is 43.2 Å². The molecule has 1 aliphatic heterocycles. The molecule has 0 unspecified atom stereocenters. The van der Waals surface area contributed by atoms with Crippen molar-refractivity contribution in [2.75, 3.05) is 13.2 Å². The second kappa shape index (κ2) is 5.48. The topological polar surface area (TPSA) is 21.3 Å². The maximum Gasteiger partial charge on any atom is 0.0843 e. The average Bonchev–Trinajstić information content (AvgIpc) is 2.57. The van der Waals surface area contributed by atoms with E-state index in [-0.39, 0.29) is 5.54 Å². The molecule has 1 aliphatic rings. The van der Waals surface area contributed by atoms with Crippen molar-refractivity contribution in [3.63, 3.8) is 0 Å². The Morgan fingerprint density at radius 2 is 2.12 bits per heavy atom. The molecule has 1 aromatic heterocycles. The monoisotopic (exact) mass is 367 g/mol. The number of ether oxygens (including phenoxy) is 1. The van der Waals surface area contributed by atoms with E-state index in [1.165, 1.54) is 8.66 Å². The molecule has 16 heavy (non-hydrogen) atoms. The van der Waals surface area contributed by atoms with Crippen LogP contribution < -0.4 is 5.32 Å². The van der Waals surface area contributed by atoms with Crippen LogP contribution in [0.25, 0.3) is 0 Å². The summed E-state index contributed by atoms with van der Waals surface area (Å²) in [5.41, 5.74) is 0.237. The number of thiophene rings is 1. The third-order valence-corrected chi connectivity index (χ3v) is 6.24. The zero-order chi connectivity index (χ0) is 11.6. The van der Waals surface area contributed by atoms with E-state index in [2.05, 4.69) is 50.2 Å². The first-order valence-electron chi connectivity index (χ1n) is 5.36. The van der Waals surface area contributed by atoms with Crippen LogP contribution in [0.1, 0.15) is 24.6 Å². The Kier molecular flexibility index (Phi) is 4.46.